The predicted molar refractivity (Wildman–Crippen MR) is 57.0 cm³/mol. The second-order valence-corrected chi connectivity index (χ2v) is 3.35. The first-order valence-corrected chi connectivity index (χ1v) is 4.62. The van der Waals surface area contributed by atoms with Crippen LogP contribution in [0.1, 0.15) is 0 Å². The Kier molecular flexibility index (Phi) is 2.41. The van der Waals surface area contributed by atoms with Gasteiger partial charge in [-0.15, -0.1) is 0 Å². The Bertz CT molecular complexity index is 504. The van der Waals surface area contributed by atoms with Crippen molar-refractivity contribution in [2.75, 3.05) is 0 Å². The van der Waals surface area contributed by atoms with E-state index in [1.165, 1.54) is 6.07 Å². The van der Waals surface area contributed by atoms with Gasteiger partial charge in [0, 0.05) is 11.3 Å². The number of hydrogen-bond donors (Lipinski definition) is 1. The third-order valence-corrected chi connectivity index (χ3v) is 2.17. The normalized spacial score (nSPS) is 10.1. The van der Waals surface area contributed by atoms with E-state index in [0.29, 0.717) is 15.9 Å². The molecular formula is C11H8FNS. The van der Waals surface area contributed by atoms with Crippen molar-refractivity contribution in [3.8, 4) is 11.3 Å². The number of aromatic amines is 1. The number of pyridine rings is 1. The van der Waals surface area contributed by atoms with Crippen molar-refractivity contribution in [1.82, 2.24) is 4.98 Å². The smallest absolute Gasteiger partial charge is 0.132 e. The third kappa shape index (κ3) is 1.72. The van der Waals surface area contributed by atoms with Crippen LogP contribution in [0.2, 0.25) is 0 Å². The highest BCUT2D eigenvalue weighted by Gasteiger charge is 2.02. The van der Waals surface area contributed by atoms with Crippen LogP contribution in [0.25, 0.3) is 11.3 Å². The van der Waals surface area contributed by atoms with Gasteiger partial charge in [-0.1, -0.05) is 30.4 Å². The molecule has 0 spiro atoms. The molecule has 0 fully saturated rings. The quantitative estimate of drug-likeness (QED) is 0.704. The molecule has 2 rings (SSSR count). The van der Waals surface area contributed by atoms with Gasteiger partial charge in [-0.25, -0.2) is 4.39 Å². The van der Waals surface area contributed by atoms with Crippen LogP contribution in [0.5, 0.6) is 0 Å². The van der Waals surface area contributed by atoms with Crippen molar-refractivity contribution >= 4 is 12.2 Å². The van der Waals surface area contributed by atoms with Gasteiger partial charge in [0.05, 0.1) is 0 Å². The molecule has 1 aromatic carbocycles. The summed E-state index contributed by atoms with van der Waals surface area (Å²) in [5, 5.41) is 0. The number of nitrogens with one attached hydrogen (secondary N) is 1. The van der Waals surface area contributed by atoms with Gasteiger partial charge in [-0.2, -0.15) is 0 Å². The zero-order valence-corrected chi connectivity index (χ0v) is 8.14. The topological polar surface area (TPSA) is 15.8 Å². The Morgan fingerprint density at radius 3 is 2.50 bits per heavy atom. The van der Waals surface area contributed by atoms with Crippen LogP contribution in [0.15, 0.2) is 42.5 Å². The zero-order chi connectivity index (χ0) is 9.97. The van der Waals surface area contributed by atoms with Crippen LogP contribution >= 0.6 is 12.2 Å². The van der Waals surface area contributed by atoms with E-state index < -0.39 is 0 Å². The average Bonchev–Trinajstić information content (AvgIpc) is 2.18. The van der Waals surface area contributed by atoms with E-state index in [1.54, 1.807) is 36.4 Å². The standard InChI is InChI=1S/C11H8FNS/c12-9-5-2-1-4-8(9)10-6-3-7-11(14)13-10/h1-7H,(H,13,14). The summed E-state index contributed by atoms with van der Waals surface area (Å²) in [5.74, 6) is -0.246. The number of benzene rings is 1. The number of hydrogen-bond acceptors (Lipinski definition) is 1. The molecule has 0 aliphatic heterocycles. The summed E-state index contributed by atoms with van der Waals surface area (Å²) in [4.78, 5) is 2.94. The molecule has 0 radical (unpaired) electrons. The van der Waals surface area contributed by atoms with E-state index in [1.807, 2.05) is 0 Å². The Labute approximate surface area is 86.2 Å². The van der Waals surface area contributed by atoms with Gasteiger partial charge in [0.1, 0.15) is 10.5 Å². The fraction of sp³-hybridized carbons (Fsp3) is 0. The van der Waals surface area contributed by atoms with Crippen molar-refractivity contribution in [2.24, 2.45) is 0 Å². The van der Waals surface area contributed by atoms with E-state index >= 15 is 0 Å². The minimum absolute atomic E-state index is 0.246. The molecule has 2 aromatic rings. The van der Waals surface area contributed by atoms with Crippen molar-refractivity contribution in [3.05, 3.63) is 52.9 Å². The summed E-state index contributed by atoms with van der Waals surface area (Å²) < 4.78 is 14.0. The van der Waals surface area contributed by atoms with E-state index in [9.17, 15) is 4.39 Å². The van der Waals surface area contributed by atoms with Crippen LogP contribution in [-0.2, 0) is 0 Å². The molecule has 70 valence electrons. The summed E-state index contributed by atoms with van der Waals surface area (Å²) in [5.41, 5.74) is 1.25. The largest absolute Gasteiger partial charge is 0.346 e. The molecule has 0 amide bonds. The van der Waals surface area contributed by atoms with E-state index in [4.69, 9.17) is 12.2 Å². The lowest BCUT2D eigenvalue weighted by molar-refractivity contribution is 0.630. The molecule has 1 nitrogen and oxygen atoms in total. The number of H-pyrrole nitrogens is 1. The average molecular weight is 205 g/mol. The summed E-state index contributed by atoms with van der Waals surface area (Å²) in [6.07, 6.45) is 0. The first kappa shape index (κ1) is 9.09. The minimum atomic E-state index is -0.246. The van der Waals surface area contributed by atoms with Crippen LogP contribution in [0.3, 0.4) is 0 Å². The summed E-state index contributed by atoms with van der Waals surface area (Å²) >= 11 is 4.96. The predicted octanol–water partition coefficient (Wildman–Crippen LogP) is 3.55. The van der Waals surface area contributed by atoms with Gasteiger partial charge in [0.2, 0.25) is 0 Å². The van der Waals surface area contributed by atoms with Gasteiger partial charge in [-0.3, -0.25) is 0 Å². The van der Waals surface area contributed by atoms with E-state index in [2.05, 4.69) is 4.98 Å². The number of aromatic nitrogens is 1. The Morgan fingerprint density at radius 1 is 1.00 bits per heavy atom. The van der Waals surface area contributed by atoms with Crippen LogP contribution in [-0.4, -0.2) is 4.98 Å². The van der Waals surface area contributed by atoms with Crippen molar-refractivity contribution < 1.29 is 4.39 Å². The highest BCUT2D eigenvalue weighted by Crippen LogP contribution is 2.19. The lowest BCUT2D eigenvalue weighted by atomic mass is 10.1. The Hall–Kier alpha value is -1.48. The van der Waals surface area contributed by atoms with Gasteiger partial charge in [0.25, 0.3) is 0 Å². The minimum Gasteiger partial charge on any atom is -0.346 e. The van der Waals surface area contributed by atoms with Crippen LogP contribution in [0.4, 0.5) is 4.39 Å². The highest BCUT2D eigenvalue weighted by molar-refractivity contribution is 7.71. The van der Waals surface area contributed by atoms with Gasteiger partial charge in [0.15, 0.2) is 0 Å². The first-order valence-electron chi connectivity index (χ1n) is 4.21. The lowest BCUT2D eigenvalue weighted by Gasteiger charge is -2.02. The van der Waals surface area contributed by atoms with Crippen molar-refractivity contribution in [3.63, 3.8) is 0 Å². The SMILES string of the molecule is Fc1ccccc1-c1cccc(=S)[nH]1. The van der Waals surface area contributed by atoms with Crippen LogP contribution < -0.4 is 0 Å². The number of rotatable bonds is 1. The second kappa shape index (κ2) is 3.72. The molecule has 1 heterocycles. The van der Waals surface area contributed by atoms with Gasteiger partial charge < -0.3 is 4.98 Å². The number of halogens is 1. The zero-order valence-electron chi connectivity index (χ0n) is 7.33. The fourth-order valence-corrected chi connectivity index (χ4v) is 1.47. The molecule has 3 heteroatoms. The van der Waals surface area contributed by atoms with Crippen LogP contribution in [0, 0.1) is 10.5 Å². The molecule has 0 saturated carbocycles. The molecule has 0 saturated heterocycles. The molecule has 0 atom stereocenters. The molecule has 0 aliphatic carbocycles. The van der Waals surface area contributed by atoms with Crippen molar-refractivity contribution in [2.45, 2.75) is 0 Å². The maximum atomic E-state index is 13.4. The molecule has 14 heavy (non-hydrogen) atoms. The summed E-state index contributed by atoms with van der Waals surface area (Å²) in [6.45, 7) is 0. The van der Waals surface area contributed by atoms with Crippen molar-refractivity contribution in [1.29, 1.82) is 0 Å². The van der Waals surface area contributed by atoms with E-state index in [0.717, 1.165) is 0 Å². The van der Waals surface area contributed by atoms with Gasteiger partial charge >= 0.3 is 0 Å². The Balaban J connectivity index is 2.61. The lowest BCUT2D eigenvalue weighted by Crippen LogP contribution is -1.86. The summed E-state index contributed by atoms with van der Waals surface area (Å²) in [6, 6.07) is 12.0. The second-order valence-electron chi connectivity index (χ2n) is 2.91. The summed E-state index contributed by atoms with van der Waals surface area (Å²) in [7, 11) is 0. The Morgan fingerprint density at radius 2 is 1.79 bits per heavy atom. The maximum Gasteiger partial charge on any atom is 0.132 e. The molecule has 0 bridgehead atoms. The monoisotopic (exact) mass is 205 g/mol. The molecule has 0 unspecified atom stereocenters. The third-order valence-electron chi connectivity index (χ3n) is 1.93. The van der Waals surface area contributed by atoms with Gasteiger partial charge in [-0.05, 0) is 24.3 Å². The molecule has 0 aliphatic rings. The maximum absolute atomic E-state index is 13.4. The molecule has 1 N–H and O–H groups in total. The molecular weight excluding hydrogens is 197 g/mol. The fourth-order valence-electron chi connectivity index (χ4n) is 1.28. The first-order chi connectivity index (χ1) is 6.77. The van der Waals surface area contributed by atoms with E-state index in [-0.39, 0.29) is 5.82 Å². The highest BCUT2D eigenvalue weighted by atomic mass is 32.1. The molecule has 1 aromatic heterocycles.